The van der Waals surface area contributed by atoms with Crippen LogP contribution in [0.3, 0.4) is 0 Å². The first-order chi connectivity index (χ1) is 16.1. The van der Waals surface area contributed by atoms with Crippen molar-refractivity contribution < 1.29 is 25.7 Å². The van der Waals surface area contributed by atoms with Crippen LogP contribution in [0.15, 0.2) is 80.8 Å². The summed E-state index contributed by atoms with van der Waals surface area (Å²) in [5.41, 5.74) is 11.0. The van der Waals surface area contributed by atoms with Gasteiger partial charge in [-0.25, -0.2) is 4.99 Å². The Morgan fingerprint density at radius 2 is 2.06 bits per heavy atom. The quantitative estimate of drug-likeness (QED) is 0.281. The third-order valence-corrected chi connectivity index (χ3v) is 10.0. The van der Waals surface area contributed by atoms with Crippen LogP contribution in [0, 0.1) is 0 Å². The van der Waals surface area contributed by atoms with Crippen molar-refractivity contribution in [3.8, 4) is 0 Å². The third kappa shape index (κ3) is 4.72. The number of alkyl halides is 1. The van der Waals surface area contributed by atoms with Gasteiger partial charge in [-0.1, -0.05) is 12.7 Å². The topological polar surface area (TPSA) is 89.7 Å². The molecule has 1 fully saturated rings. The van der Waals surface area contributed by atoms with Crippen LogP contribution in [0.25, 0.3) is 11.3 Å². The van der Waals surface area contributed by atoms with Crippen LogP contribution < -0.4 is 26.9 Å². The maximum atomic E-state index is 5.72. The van der Waals surface area contributed by atoms with Crippen molar-refractivity contribution >= 4 is 38.5 Å². The summed E-state index contributed by atoms with van der Waals surface area (Å²) in [6.45, 7) is 5.61. The van der Waals surface area contributed by atoms with E-state index in [1.165, 1.54) is 11.1 Å². The zero-order chi connectivity index (χ0) is 22.8. The summed E-state index contributed by atoms with van der Waals surface area (Å²) in [6.07, 6.45) is 11.2. The van der Waals surface area contributed by atoms with Crippen LogP contribution in [0.1, 0.15) is 49.0 Å². The molecule has 3 heterocycles. The molecule has 3 aliphatic rings. The van der Waals surface area contributed by atoms with Crippen LogP contribution in [0.5, 0.6) is 0 Å². The van der Waals surface area contributed by atoms with Gasteiger partial charge in [0.2, 0.25) is 0 Å². The molecular formula is C25H24I2N5O-. The molecule has 0 atom stereocenters. The van der Waals surface area contributed by atoms with Gasteiger partial charge in [0.15, 0.2) is 0 Å². The summed E-state index contributed by atoms with van der Waals surface area (Å²) in [5.74, 6) is 1.60. The van der Waals surface area contributed by atoms with Gasteiger partial charge in [0.1, 0.15) is 5.82 Å². The van der Waals surface area contributed by atoms with E-state index in [4.69, 9.17) is 18.4 Å². The average Bonchev–Trinajstić information content (AvgIpc) is 3.56. The second-order valence-electron chi connectivity index (χ2n) is 8.08. The van der Waals surface area contributed by atoms with Crippen molar-refractivity contribution in [1.82, 2.24) is 10.1 Å². The summed E-state index contributed by atoms with van der Waals surface area (Å²) < 4.78 is 15.6. The summed E-state index contributed by atoms with van der Waals surface area (Å²) in [5, 5.41) is 4.42. The van der Waals surface area contributed by atoms with E-state index in [1.807, 2.05) is 13.0 Å². The number of aromatic nitrogens is 2. The fourth-order valence-corrected chi connectivity index (χ4v) is 7.97. The van der Waals surface area contributed by atoms with Gasteiger partial charge in [0.05, 0.1) is 0 Å². The molecule has 2 N–H and O–H groups in total. The van der Waals surface area contributed by atoms with Gasteiger partial charge in [-0.15, -0.1) is 0 Å². The number of hydrogen-bond donors (Lipinski definition) is 1. The fourth-order valence-electron chi connectivity index (χ4n) is 3.97. The molecule has 33 heavy (non-hydrogen) atoms. The second-order valence-corrected chi connectivity index (χ2v) is 12.4. The number of rotatable bonds is 7. The molecule has 170 valence electrons. The van der Waals surface area contributed by atoms with E-state index in [1.54, 1.807) is 9.79 Å². The number of halogens is 2. The Morgan fingerprint density at radius 1 is 1.27 bits per heavy atom. The monoisotopic (exact) mass is 664 g/mol. The predicted molar refractivity (Wildman–Crippen MR) is 136 cm³/mol. The number of benzene rings is 1. The van der Waals surface area contributed by atoms with E-state index in [0.29, 0.717) is 11.7 Å². The van der Waals surface area contributed by atoms with Gasteiger partial charge < -0.3 is 5.73 Å². The third-order valence-electron chi connectivity index (χ3n) is 6.05. The summed E-state index contributed by atoms with van der Waals surface area (Å²) in [6, 6.07) is 8.57. The standard InChI is InChI=1S/C25H24I2N5O/c1-3-17(15-29-16(2)28)18-5-8-20(9-6-18)25(11-4-12-25)24-30-23(33-32-24)22-10-7-19(13-27-31-22)21-14-26-21/h3,5-10,14-15H,2,4,11-13,28H2,1H3/q-1/b17-3+,29-15?. The van der Waals surface area contributed by atoms with Crippen LogP contribution in [-0.4, -0.2) is 20.8 Å². The van der Waals surface area contributed by atoms with Gasteiger partial charge in [-0.05, 0) is 18.1 Å². The SMILES string of the molecule is C=C(N)N=C/C(=C\C)c1ccc(C2(c3noc(C4=CC=C(C5=C[I-]5)CI=N4)n3)CCC2)cc1. The zero-order valence-corrected chi connectivity index (χ0v) is 22.6. The zero-order valence-electron chi connectivity index (χ0n) is 18.3. The first-order valence-corrected chi connectivity index (χ1v) is 15.5. The van der Waals surface area contributed by atoms with Crippen LogP contribution in [-0.2, 0) is 5.41 Å². The van der Waals surface area contributed by atoms with Crippen molar-refractivity contribution in [3.63, 3.8) is 0 Å². The van der Waals surface area contributed by atoms with Gasteiger partial charge in [-0.3, -0.25) is 0 Å². The Labute approximate surface area is 213 Å². The molecule has 0 bridgehead atoms. The molecule has 0 amide bonds. The van der Waals surface area contributed by atoms with E-state index < -0.39 is 0 Å². The predicted octanol–water partition coefficient (Wildman–Crippen LogP) is 2.82. The Kier molecular flexibility index (Phi) is 6.55. The van der Waals surface area contributed by atoms with Crippen molar-refractivity contribution in [1.29, 1.82) is 0 Å². The molecule has 5 rings (SSSR count). The first kappa shape index (κ1) is 22.6. The maximum absolute atomic E-state index is 5.72. The van der Waals surface area contributed by atoms with Crippen molar-refractivity contribution in [2.45, 2.75) is 31.6 Å². The Bertz CT molecular complexity index is 1270. The Morgan fingerprint density at radius 3 is 2.70 bits per heavy atom. The Hall–Kier alpha value is -2.21. The molecule has 2 aromatic rings. The van der Waals surface area contributed by atoms with Gasteiger partial charge >= 0.3 is 162 Å². The molecule has 0 unspecified atom stereocenters. The Balaban J connectivity index is 1.41. The molecule has 1 saturated carbocycles. The number of allylic oxidation sites excluding steroid dienone is 6. The van der Waals surface area contributed by atoms with Gasteiger partial charge in [-0.2, -0.15) is 0 Å². The first-order valence-electron chi connectivity index (χ1n) is 10.7. The van der Waals surface area contributed by atoms with Crippen molar-refractivity contribution in [2.24, 2.45) is 13.9 Å². The average molecular weight is 664 g/mol. The van der Waals surface area contributed by atoms with Gasteiger partial charge in [0, 0.05) is 6.21 Å². The number of nitrogens with two attached hydrogens (primary N) is 1. The van der Waals surface area contributed by atoms with Gasteiger partial charge in [0.25, 0.3) is 0 Å². The van der Waals surface area contributed by atoms with E-state index in [0.717, 1.165) is 46.3 Å². The molecule has 0 radical (unpaired) electrons. The molecule has 6 nitrogen and oxygen atoms in total. The van der Waals surface area contributed by atoms with Crippen LogP contribution in [0.4, 0.5) is 0 Å². The van der Waals surface area contributed by atoms with Crippen LogP contribution >= 0.6 is 21.0 Å². The molecule has 0 spiro atoms. The molecule has 2 aliphatic heterocycles. The molecule has 8 heteroatoms. The van der Waals surface area contributed by atoms with E-state index in [2.05, 4.69) is 57.2 Å². The number of nitrogens with zero attached hydrogens (tertiary/aromatic N) is 4. The summed E-state index contributed by atoms with van der Waals surface area (Å²) in [7, 11) is 0. The number of hydrogen-bond acceptors (Lipinski definition) is 6. The van der Waals surface area contributed by atoms with Crippen molar-refractivity contribution in [2.75, 3.05) is 4.43 Å². The fraction of sp³-hybridized carbons (Fsp3) is 0.240. The molecule has 0 saturated heterocycles. The van der Waals surface area contributed by atoms with Crippen LogP contribution in [0.2, 0.25) is 0 Å². The summed E-state index contributed by atoms with van der Waals surface area (Å²) in [4.78, 5) is 8.97. The second kappa shape index (κ2) is 9.57. The van der Waals surface area contributed by atoms with Crippen molar-refractivity contribution in [3.05, 3.63) is 91.0 Å². The van der Waals surface area contributed by atoms with E-state index in [-0.39, 0.29) is 47.7 Å². The molecule has 1 aromatic heterocycles. The minimum absolute atomic E-state index is 0.194. The molecular weight excluding hydrogens is 640 g/mol. The van der Waals surface area contributed by atoms with E-state index >= 15 is 0 Å². The number of aliphatic imine (C=N–C) groups is 1. The summed E-state index contributed by atoms with van der Waals surface area (Å²) >= 11 is -0.0589. The molecule has 1 aliphatic carbocycles. The normalized spacial score (nSPS) is 19.9. The molecule has 1 aromatic carbocycles. The van der Waals surface area contributed by atoms with E-state index in [9.17, 15) is 0 Å². The minimum atomic E-state index is -0.278.